The van der Waals surface area contributed by atoms with Gasteiger partial charge in [0.05, 0.1) is 0 Å². The van der Waals surface area contributed by atoms with Crippen LogP contribution in [-0.4, -0.2) is 37.5 Å². The molecule has 1 saturated heterocycles. The lowest BCUT2D eigenvalue weighted by molar-refractivity contribution is -0.136. The topological polar surface area (TPSA) is 36.9 Å². The van der Waals surface area contributed by atoms with Crippen LogP contribution in [0.4, 0.5) is 0 Å². The highest BCUT2D eigenvalue weighted by molar-refractivity contribution is 14.1. The highest BCUT2D eigenvalue weighted by Gasteiger charge is 2.65. The van der Waals surface area contributed by atoms with Crippen LogP contribution in [-0.2, 0) is 30.0 Å². The van der Waals surface area contributed by atoms with Gasteiger partial charge < -0.3 is 18.8 Å². The Kier molecular flexibility index (Phi) is 7.66. The van der Waals surface area contributed by atoms with Crippen LogP contribution in [0.5, 0.6) is 0 Å². The highest BCUT2D eigenvalue weighted by atomic mass is 127. The molecule has 0 amide bonds. The van der Waals surface area contributed by atoms with Crippen LogP contribution in [0.15, 0.2) is 121 Å². The molecular weight excluding hydrogens is 598 g/mol. The molecule has 39 heavy (non-hydrogen) atoms. The van der Waals surface area contributed by atoms with Gasteiger partial charge in [0.15, 0.2) is 0 Å². The zero-order chi connectivity index (χ0) is 26.9. The van der Waals surface area contributed by atoms with Gasteiger partial charge in [-0.2, -0.15) is 0 Å². The second-order valence-corrected chi connectivity index (χ2v) is 11.8. The summed E-state index contributed by atoms with van der Waals surface area (Å²) in [5, 5.41) is 0. The predicted octanol–water partition coefficient (Wildman–Crippen LogP) is 7.02. The second-order valence-electron chi connectivity index (χ2n) is 10.2. The van der Waals surface area contributed by atoms with Gasteiger partial charge in [0.1, 0.15) is 23.4 Å². The lowest BCUT2D eigenvalue weighted by Gasteiger charge is -2.47. The molecule has 198 valence electrons. The monoisotopic (exact) mass is 630 g/mol. The smallest absolute Gasteiger partial charge is 0.402 e. The number of methoxy groups -OCH3 is 2. The molecular formula is C33H32BIO4. The van der Waals surface area contributed by atoms with Gasteiger partial charge in [-0.1, -0.05) is 144 Å². The fourth-order valence-corrected chi connectivity index (χ4v) is 7.11. The normalized spacial score (nSPS) is 23.1. The van der Waals surface area contributed by atoms with Gasteiger partial charge in [-0.15, -0.1) is 0 Å². The van der Waals surface area contributed by atoms with Gasteiger partial charge in [0.25, 0.3) is 0 Å². The molecule has 0 unspecified atom stereocenters. The number of hydrogen-bond donors (Lipinski definition) is 0. The van der Waals surface area contributed by atoms with Gasteiger partial charge in [-0.3, -0.25) is 0 Å². The van der Waals surface area contributed by atoms with Crippen molar-refractivity contribution in [3.8, 4) is 0 Å². The van der Waals surface area contributed by atoms with Crippen molar-refractivity contribution in [1.29, 1.82) is 0 Å². The maximum Gasteiger partial charge on any atom is 0.462 e. The molecule has 0 N–H and O–H groups in total. The SMILES string of the molecule is COC(c1ccccc1)(c1ccccc1)[C@@H]1OB([C@H]2C[C@@H]2I)O[C@H]1C(OC)(c1ccccc1)c1ccccc1. The van der Waals surface area contributed by atoms with Crippen molar-refractivity contribution in [1.82, 2.24) is 0 Å². The van der Waals surface area contributed by atoms with Gasteiger partial charge in [0.2, 0.25) is 0 Å². The number of rotatable bonds is 9. The third-order valence-electron chi connectivity index (χ3n) is 8.20. The Labute approximate surface area is 244 Å². The minimum absolute atomic E-state index is 0.320. The molecule has 1 saturated carbocycles. The van der Waals surface area contributed by atoms with E-state index in [1.54, 1.807) is 14.2 Å². The summed E-state index contributed by atoms with van der Waals surface area (Å²) in [4.78, 5) is 0. The standard InChI is InChI=1S/C33H32BIO4/c1-36-32(24-15-7-3-8-16-24,25-17-9-4-10-18-25)30-31(39-34(38-30)28-23-29(28)35)33(37-2,26-19-11-5-12-20-26)27-21-13-6-14-22-27/h3-22,28-31H,23H2,1-2H3/t28-,29-,30+,31+/m0/s1. The third kappa shape index (κ3) is 4.56. The van der Waals surface area contributed by atoms with Crippen molar-refractivity contribution >= 4 is 29.7 Å². The number of benzene rings is 4. The molecule has 4 aromatic carbocycles. The second kappa shape index (κ2) is 11.2. The van der Waals surface area contributed by atoms with E-state index in [0.29, 0.717) is 9.74 Å². The van der Waals surface area contributed by atoms with Crippen molar-refractivity contribution in [2.24, 2.45) is 0 Å². The molecule has 1 aliphatic heterocycles. The average molecular weight is 630 g/mol. The number of halogens is 1. The first-order valence-corrected chi connectivity index (χ1v) is 14.7. The summed E-state index contributed by atoms with van der Waals surface area (Å²) in [6.45, 7) is 0. The van der Waals surface area contributed by atoms with Crippen molar-refractivity contribution in [2.45, 2.75) is 39.6 Å². The molecule has 1 aliphatic carbocycles. The summed E-state index contributed by atoms with van der Waals surface area (Å²) in [5.74, 6) is 0.320. The Bertz CT molecular complexity index is 1180. The first-order chi connectivity index (χ1) is 19.1. The van der Waals surface area contributed by atoms with E-state index in [9.17, 15) is 0 Å². The summed E-state index contributed by atoms with van der Waals surface area (Å²) in [5.41, 5.74) is 2.11. The van der Waals surface area contributed by atoms with Crippen molar-refractivity contribution < 1.29 is 18.8 Å². The first-order valence-electron chi connectivity index (χ1n) is 13.4. The minimum atomic E-state index is -0.953. The number of alkyl halides is 1. The molecule has 0 radical (unpaired) electrons. The molecule has 0 spiro atoms. The van der Waals surface area contributed by atoms with E-state index in [4.69, 9.17) is 18.8 Å². The lowest BCUT2D eigenvalue weighted by Crippen LogP contribution is -2.56. The summed E-state index contributed by atoms with van der Waals surface area (Å²) >= 11 is 2.50. The number of ether oxygens (including phenoxy) is 2. The Morgan fingerprint density at radius 2 is 0.872 bits per heavy atom. The van der Waals surface area contributed by atoms with E-state index in [2.05, 4.69) is 71.1 Å². The minimum Gasteiger partial charge on any atom is -0.402 e. The van der Waals surface area contributed by atoms with Crippen molar-refractivity contribution in [2.75, 3.05) is 14.2 Å². The summed E-state index contributed by atoms with van der Waals surface area (Å²) in [6, 6.07) is 41.4. The fraction of sp³-hybridized carbons (Fsp3) is 0.273. The summed E-state index contributed by atoms with van der Waals surface area (Å²) < 4.78 is 27.9. The molecule has 2 aliphatic rings. The number of hydrogen-bond acceptors (Lipinski definition) is 4. The van der Waals surface area contributed by atoms with Crippen LogP contribution in [0, 0.1) is 0 Å². The van der Waals surface area contributed by atoms with E-state index >= 15 is 0 Å². The largest absolute Gasteiger partial charge is 0.462 e. The molecule has 2 fully saturated rings. The van der Waals surface area contributed by atoms with Crippen LogP contribution in [0.25, 0.3) is 0 Å². The van der Waals surface area contributed by atoms with Crippen LogP contribution in [0.2, 0.25) is 5.82 Å². The van der Waals surface area contributed by atoms with Crippen LogP contribution >= 0.6 is 22.6 Å². The fourth-order valence-electron chi connectivity index (χ4n) is 6.18. The zero-order valence-electron chi connectivity index (χ0n) is 22.2. The maximum absolute atomic E-state index is 7.05. The van der Waals surface area contributed by atoms with E-state index in [1.807, 2.05) is 72.8 Å². The molecule has 4 nitrogen and oxygen atoms in total. The van der Waals surface area contributed by atoms with Gasteiger partial charge >= 0.3 is 7.12 Å². The molecule has 1 heterocycles. The zero-order valence-corrected chi connectivity index (χ0v) is 24.3. The molecule has 4 atom stereocenters. The van der Waals surface area contributed by atoms with E-state index in [1.165, 1.54) is 0 Å². The highest BCUT2D eigenvalue weighted by Crippen LogP contribution is 2.55. The third-order valence-corrected chi connectivity index (χ3v) is 9.63. The Balaban J connectivity index is 1.61. The molecule has 6 rings (SSSR count). The molecule has 6 heteroatoms. The van der Waals surface area contributed by atoms with Crippen LogP contribution in [0.3, 0.4) is 0 Å². The van der Waals surface area contributed by atoms with Gasteiger partial charge in [0, 0.05) is 24.0 Å². The summed E-state index contributed by atoms with van der Waals surface area (Å²) in [6.07, 6.45) is 0.0153. The van der Waals surface area contributed by atoms with Gasteiger partial charge in [-0.25, -0.2) is 0 Å². The Morgan fingerprint density at radius 3 is 1.10 bits per heavy atom. The lowest BCUT2D eigenvalue weighted by atomic mass is 9.71. The molecule has 0 bridgehead atoms. The quantitative estimate of drug-likeness (QED) is 0.113. The van der Waals surface area contributed by atoms with Crippen molar-refractivity contribution in [3.63, 3.8) is 0 Å². The Morgan fingerprint density at radius 1 is 0.590 bits per heavy atom. The summed E-state index contributed by atoms with van der Waals surface area (Å²) in [7, 11) is 3.17. The van der Waals surface area contributed by atoms with Crippen LogP contribution < -0.4 is 0 Å². The maximum atomic E-state index is 7.05. The van der Waals surface area contributed by atoms with E-state index in [0.717, 1.165) is 28.7 Å². The van der Waals surface area contributed by atoms with E-state index in [-0.39, 0.29) is 7.12 Å². The predicted molar refractivity (Wildman–Crippen MR) is 163 cm³/mol. The molecule has 0 aromatic heterocycles. The first kappa shape index (κ1) is 26.7. The van der Waals surface area contributed by atoms with Gasteiger partial charge in [-0.05, 0) is 28.7 Å². The average Bonchev–Trinajstić information content (AvgIpc) is 3.58. The van der Waals surface area contributed by atoms with Crippen LogP contribution in [0.1, 0.15) is 28.7 Å². The van der Waals surface area contributed by atoms with Crippen molar-refractivity contribution in [3.05, 3.63) is 144 Å². The molecule has 4 aromatic rings. The Hall–Kier alpha value is -2.49. The van der Waals surface area contributed by atoms with E-state index < -0.39 is 23.4 Å².